The van der Waals surface area contributed by atoms with Crippen molar-refractivity contribution in [2.75, 3.05) is 7.11 Å². The van der Waals surface area contributed by atoms with Gasteiger partial charge in [-0.3, -0.25) is 4.79 Å². The van der Waals surface area contributed by atoms with Crippen molar-refractivity contribution >= 4 is 17.2 Å². The molecule has 3 rings (SSSR count). The molecule has 1 aromatic heterocycles. The van der Waals surface area contributed by atoms with E-state index in [0.29, 0.717) is 17.0 Å². The van der Waals surface area contributed by atoms with Crippen LogP contribution in [0.15, 0.2) is 53.9 Å². The highest BCUT2D eigenvalue weighted by molar-refractivity contribution is 7.12. The second-order valence-corrected chi connectivity index (χ2v) is 6.31. The summed E-state index contributed by atoms with van der Waals surface area (Å²) < 4.78 is 18.7. The van der Waals surface area contributed by atoms with Gasteiger partial charge in [0, 0.05) is 6.07 Å². The van der Waals surface area contributed by atoms with Crippen LogP contribution in [-0.4, -0.2) is 13.0 Å². The molecule has 0 radical (unpaired) electrons. The molecule has 0 fully saturated rings. The topological polar surface area (TPSA) is 52.3 Å². The second kappa shape index (κ2) is 6.84. The van der Waals surface area contributed by atoms with Gasteiger partial charge in [-0.05, 0) is 52.3 Å². The van der Waals surface area contributed by atoms with Crippen LogP contribution in [0.1, 0.15) is 20.8 Å². The molecule has 2 N–H and O–H groups in total. The number of hydrogen-bond acceptors (Lipinski definition) is 3. The molecule has 3 nitrogen and oxygen atoms in total. The van der Waals surface area contributed by atoms with Crippen LogP contribution >= 0.6 is 11.3 Å². The van der Waals surface area contributed by atoms with Crippen molar-refractivity contribution < 1.29 is 13.9 Å². The fourth-order valence-electron chi connectivity index (χ4n) is 2.57. The minimum absolute atomic E-state index is 0.335. The molecule has 0 spiro atoms. The molecule has 0 atom stereocenters. The molecule has 24 heavy (non-hydrogen) atoms. The molecular weight excluding hydrogens is 325 g/mol. The number of methoxy groups -OCH3 is 1. The number of thiophene rings is 1. The first-order valence-corrected chi connectivity index (χ1v) is 8.25. The Morgan fingerprint density at radius 2 is 1.88 bits per heavy atom. The molecule has 0 aliphatic rings. The number of benzene rings is 2. The number of halogens is 1. The van der Waals surface area contributed by atoms with E-state index < -0.39 is 5.91 Å². The van der Waals surface area contributed by atoms with Crippen molar-refractivity contribution in [3.05, 3.63) is 75.7 Å². The van der Waals surface area contributed by atoms with Crippen LogP contribution in [0.3, 0.4) is 0 Å². The highest BCUT2D eigenvalue weighted by Crippen LogP contribution is 2.27. The first kappa shape index (κ1) is 16.2. The average Bonchev–Trinajstić information content (AvgIpc) is 3.03. The Labute approximate surface area is 143 Å². The summed E-state index contributed by atoms with van der Waals surface area (Å²) in [5.74, 6) is -0.250. The normalized spacial score (nSPS) is 10.6. The van der Waals surface area contributed by atoms with Gasteiger partial charge in [0.2, 0.25) is 0 Å². The zero-order chi connectivity index (χ0) is 17.1. The van der Waals surface area contributed by atoms with E-state index in [2.05, 4.69) is 0 Å². The largest absolute Gasteiger partial charge is 0.497 e. The van der Waals surface area contributed by atoms with Crippen LogP contribution in [0.5, 0.6) is 5.75 Å². The number of carbonyl (C=O) groups is 1. The first-order valence-electron chi connectivity index (χ1n) is 7.37. The van der Waals surface area contributed by atoms with E-state index in [1.165, 1.54) is 30.6 Å². The molecule has 0 bridgehead atoms. The molecule has 1 amide bonds. The summed E-state index contributed by atoms with van der Waals surface area (Å²) in [4.78, 5) is 12.0. The summed E-state index contributed by atoms with van der Waals surface area (Å²) in [5, 5.41) is 1.86. The minimum atomic E-state index is -0.400. The fourth-order valence-corrected chi connectivity index (χ4v) is 3.35. The van der Waals surface area contributed by atoms with Crippen LogP contribution in [0, 0.1) is 5.82 Å². The Balaban J connectivity index is 1.84. The summed E-state index contributed by atoms with van der Waals surface area (Å²) in [6, 6.07) is 14.3. The van der Waals surface area contributed by atoms with Crippen molar-refractivity contribution in [3.63, 3.8) is 0 Å². The van der Waals surface area contributed by atoms with E-state index in [1.54, 1.807) is 6.07 Å². The maximum atomic E-state index is 13.6. The molecule has 5 heteroatoms. The molecule has 122 valence electrons. The van der Waals surface area contributed by atoms with Gasteiger partial charge >= 0.3 is 0 Å². The molecule has 0 unspecified atom stereocenters. The lowest BCUT2D eigenvalue weighted by atomic mass is 10.0. The molecule has 0 saturated heterocycles. The predicted molar refractivity (Wildman–Crippen MR) is 94.0 cm³/mol. The summed E-state index contributed by atoms with van der Waals surface area (Å²) in [6.45, 7) is 0. The lowest BCUT2D eigenvalue weighted by Crippen LogP contribution is -2.11. The average molecular weight is 341 g/mol. The number of ether oxygens (including phenoxy) is 1. The summed E-state index contributed by atoms with van der Waals surface area (Å²) in [7, 11) is 1.51. The van der Waals surface area contributed by atoms with Crippen LogP contribution in [0.2, 0.25) is 0 Å². The van der Waals surface area contributed by atoms with Crippen molar-refractivity contribution in [1.29, 1.82) is 0 Å². The van der Waals surface area contributed by atoms with Crippen molar-refractivity contribution in [1.82, 2.24) is 0 Å². The second-order valence-electron chi connectivity index (χ2n) is 5.39. The Bertz CT molecular complexity index is 871. The van der Waals surface area contributed by atoms with Crippen molar-refractivity contribution in [3.8, 4) is 16.9 Å². The third-order valence-electron chi connectivity index (χ3n) is 3.76. The van der Waals surface area contributed by atoms with Gasteiger partial charge in [-0.15, -0.1) is 11.3 Å². The van der Waals surface area contributed by atoms with E-state index in [-0.39, 0.29) is 5.82 Å². The predicted octanol–water partition coefficient (Wildman–Crippen LogP) is 4.25. The summed E-state index contributed by atoms with van der Waals surface area (Å²) in [5.41, 5.74) is 9.02. The Kier molecular flexibility index (Phi) is 4.62. The number of hydrogen-bond donors (Lipinski definition) is 1. The number of amides is 1. The SMILES string of the molecule is COc1cc(F)cc(-c2ccc(Cc3ccsc3C(N)=O)cc2)c1. The Morgan fingerprint density at radius 1 is 1.12 bits per heavy atom. The van der Waals surface area contributed by atoms with Gasteiger partial charge in [-0.1, -0.05) is 24.3 Å². The van der Waals surface area contributed by atoms with Gasteiger partial charge < -0.3 is 10.5 Å². The van der Waals surface area contributed by atoms with Crippen LogP contribution in [0.4, 0.5) is 4.39 Å². The summed E-state index contributed by atoms with van der Waals surface area (Å²) >= 11 is 1.35. The van der Waals surface area contributed by atoms with Gasteiger partial charge in [0.25, 0.3) is 5.91 Å². The van der Waals surface area contributed by atoms with Crippen LogP contribution < -0.4 is 10.5 Å². The zero-order valence-electron chi connectivity index (χ0n) is 13.1. The van der Waals surface area contributed by atoms with E-state index in [0.717, 1.165) is 22.3 Å². The van der Waals surface area contributed by atoms with E-state index in [1.807, 2.05) is 35.7 Å². The molecule has 0 aliphatic heterocycles. The number of carbonyl (C=O) groups excluding carboxylic acids is 1. The highest BCUT2D eigenvalue weighted by atomic mass is 32.1. The summed E-state index contributed by atoms with van der Waals surface area (Å²) in [6.07, 6.45) is 0.633. The fraction of sp³-hybridized carbons (Fsp3) is 0.105. The van der Waals surface area contributed by atoms with Gasteiger partial charge in [0.15, 0.2) is 0 Å². The minimum Gasteiger partial charge on any atom is -0.497 e. The van der Waals surface area contributed by atoms with Crippen LogP contribution in [0.25, 0.3) is 11.1 Å². The number of nitrogens with two attached hydrogens (primary N) is 1. The quantitative estimate of drug-likeness (QED) is 0.754. The van der Waals surface area contributed by atoms with Gasteiger partial charge in [-0.25, -0.2) is 4.39 Å². The molecule has 3 aromatic rings. The standard InChI is InChI=1S/C19H16FNO2S/c1-23-17-10-15(9-16(20)11-17)13-4-2-12(3-5-13)8-14-6-7-24-18(14)19(21)22/h2-7,9-11H,8H2,1H3,(H2,21,22). The maximum absolute atomic E-state index is 13.6. The van der Waals surface area contributed by atoms with E-state index >= 15 is 0 Å². The van der Waals surface area contributed by atoms with E-state index in [9.17, 15) is 9.18 Å². The molecule has 0 aliphatic carbocycles. The Morgan fingerprint density at radius 3 is 2.54 bits per heavy atom. The zero-order valence-corrected chi connectivity index (χ0v) is 13.9. The molecule has 1 heterocycles. The highest BCUT2D eigenvalue weighted by Gasteiger charge is 2.10. The Hall–Kier alpha value is -2.66. The van der Waals surface area contributed by atoms with Crippen molar-refractivity contribution in [2.45, 2.75) is 6.42 Å². The van der Waals surface area contributed by atoms with Crippen LogP contribution in [-0.2, 0) is 6.42 Å². The third-order valence-corrected chi connectivity index (χ3v) is 4.73. The lowest BCUT2D eigenvalue weighted by molar-refractivity contribution is 0.100. The monoisotopic (exact) mass is 341 g/mol. The molecular formula is C19H16FNO2S. The van der Waals surface area contributed by atoms with Gasteiger partial charge in [0.05, 0.1) is 12.0 Å². The smallest absolute Gasteiger partial charge is 0.259 e. The number of primary amides is 1. The number of rotatable bonds is 5. The van der Waals surface area contributed by atoms with Crippen molar-refractivity contribution in [2.24, 2.45) is 5.73 Å². The maximum Gasteiger partial charge on any atom is 0.259 e. The van der Waals surface area contributed by atoms with Gasteiger partial charge in [-0.2, -0.15) is 0 Å². The molecule has 2 aromatic carbocycles. The third kappa shape index (κ3) is 3.46. The molecule has 0 saturated carbocycles. The first-order chi connectivity index (χ1) is 11.6. The van der Waals surface area contributed by atoms with E-state index in [4.69, 9.17) is 10.5 Å². The van der Waals surface area contributed by atoms with Gasteiger partial charge in [0.1, 0.15) is 11.6 Å². The lowest BCUT2D eigenvalue weighted by Gasteiger charge is -2.07.